The minimum absolute atomic E-state index is 0.105. The van der Waals surface area contributed by atoms with Crippen molar-refractivity contribution < 1.29 is 9.53 Å². The summed E-state index contributed by atoms with van der Waals surface area (Å²) in [6.45, 7) is 9.55. The van der Waals surface area contributed by atoms with Crippen LogP contribution < -0.4 is 0 Å². The number of hydrogen-bond acceptors (Lipinski definition) is 3. The third-order valence-corrected chi connectivity index (χ3v) is 3.84. The molecular weight excluding hydrogens is 202 g/mol. The summed E-state index contributed by atoms with van der Waals surface area (Å²) in [5.41, 5.74) is 0. The lowest BCUT2D eigenvalue weighted by Gasteiger charge is -2.46. The first-order valence-corrected chi connectivity index (χ1v) is 6.28. The largest absolute Gasteiger partial charge is 0.464 e. The molecule has 16 heavy (non-hydrogen) atoms. The minimum Gasteiger partial charge on any atom is -0.464 e. The molecule has 1 saturated heterocycles. The van der Waals surface area contributed by atoms with E-state index in [1.165, 1.54) is 0 Å². The normalized spacial score (nSPS) is 32.1. The lowest BCUT2D eigenvalue weighted by Crippen LogP contribution is -2.53. The molecule has 0 aliphatic carbocycles. The molecule has 0 aromatic heterocycles. The van der Waals surface area contributed by atoms with Crippen molar-refractivity contribution in [3.05, 3.63) is 0 Å². The highest BCUT2D eigenvalue weighted by atomic mass is 16.5. The average molecular weight is 227 g/mol. The molecule has 0 spiro atoms. The first kappa shape index (κ1) is 13.5. The van der Waals surface area contributed by atoms with Crippen molar-refractivity contribution in [2.24, 2.45) is 11.8 Å². The molecule has 1 heterocycles. The third kappa shape index (κ3) is 2.97. The van der Waals surface area contributed by atoms with Crippen molar-refractivity contribution in [1.82, 2.24) is 4.90 Å². The summed E-state index contributed by atoms with van der Waals surface area (Å²) in [4.78, 5) is 12.9. The molecule has 0 N–H and O–H groups in total. The van der Waals surface area contributed by atoms with Crippen molar-refractivity contribution in [2.45, 2.75) is 58.7 Å². The molecule has 0 aromatic rings. The van der Waals surface area contributed by atoms with E-state index in [2.05, 4.69) is 39.6 Å². The van der Waals surface area contributed by atoms with Gasteiger partial charge in [0.1, 0.15) is 6.10 Å². The van der Waals surface area contributed by atoms with Gasteiger partial charge in [0.05, 0.1) is 0 Å². The molecule has 3 heteroatoms. The predicted molar refractivity (Wildman–Crippen MR) is 65.2 cm³/mol. The number of likely N-dealkylation sites (tertiary alicyclic amines) is 1. The summed E-state index contributed by atoms with van der Waals surface area (Å²) in [5, 5.41) is 0. The Morgan fingerprint density at radius 3 is 1.88 bits per heavy atom. The Balaban J connectivity index is 2.75. The molecule has 1 aliphatic heterocycles. The fourth-order valence-corrected chi connectivity index (χ4v) is 2.89. The second-order valence-electron chi connectivity index (χ2n) is 5.61. The van der Waals surface area contributed by atoms with Gasteiger partial charge in [-0.2, -0.15) is 0 Å². The van der Waals surface area contributed by atoms with Crippen molar-refractivity contribution in [3.8, 4) is 0 Å². The van der Waals surface area contributed by atoms with E-state index in [0.29, 0.717) is 30.4 Å². The second-order valence-corrected chi connectivity index (χ2v) is 5.61. The Labute approximate surface area is 99.1 Å². The molecule has 0 aromatic carbocycles. The Morgan fingerprint density at radius 2 is 1.56 bits per heavy atom. The van der Waals surface area contributed by atoms with Crippen LogP contribution in [0.2, 0.25) is 0 Å². The van der Waals surface area contributed by atoms with Gasteiger partial charge in [-0.25, -0.2) is 0 Å². The number of nitrogens with zero attached hydrogens (tertiary/aromatic N) is 1. The fraction of sp³-hybridized carbons (Fsp3) is 0.923. The second kappa shape index (κ2) is 5.67. The van der Waals surface area contributed by atoms with Gasteiger partial charge in [-0.05, 0) is 18.9 Å². The van der Waals surface area contributed by atoms with Gasteiger partial charge >= 0.3 is 0 Å². The van der Waals surface area contributed by atoms with Gasteiger partial charge in [-0.15, -0.1) is 0 Å². The summed E-state index contributed by atoms with van der Waals surface area (Å²) >= 11 is 0. The third-order valence-electron chi connectivity index (χ3n) is 3.84. The zero-order chi connectivity index (χ0) is 12.3. The van der Waals surface area contributed by atoms with Crippen LogP contribution in [0.5, 0.6) is 0 Å². The molecular formula is C13H25NO2. The van der Waals surface area contributed by atoms with Crippen LogP contribution in [0.25, 0.3) is 0 Å². The van der Waals surface area contributed by atoms with Gasteiger partial charge in [0.25, 0.3) is 6.47 Å². The van der Waals surface area contributed by atoms with Gasteiger partial charge in [0, 0.05) is 24.9 Å². The number of carbonyl (C=O) groups is 1. The van der Waals surface area contributed by atoms with Gasteiger partial charge in [0.15, 0.2) is 0 Å². The summed E-state index contributed by atoms with van der Waals surface area (Å²) in [6, 6.07) is 1.04. The Hall–Kier alpha value is -0.570. The van der Waals surface area contributed by atoms with Crippen molar-refractivity contribution in [1.29, 1.82) is 0 Å². The monoisotopic (exact) mass is 227 g/mol. The van der Waals surface area contributed by atoms with Gasteiger partial charge in [0.2, 0.25) is 0 Å². The lowest BCUT2D eigenvalue weighted by molar-refractivity contribution is -0.139. The first-order valence-electron chi connectivity index (χ1n) is 6.28. The van der Waals surface area contributed by atoms with Crippen LogP contribution in [-0.2, 0) is 9.53 Å². The van der Waals surface area contributed by atoms with Crippen LogP contribution in [-0.4, -0.2) is 36.6 Å². The van der Waals surface area contributed by atoms with Gasteiger partial charge in [-0.3, -0.25) is 9.69 Å². The van der Waals surface area contributed by atoms with Crippen molar-refractivity contribution in [2.75, 3.05) is 7.05 Å². The summed E-state index contributed by atoms with van der Waals surface area (Å²) < 4.78 is 5.18. The minimum atomic E-state index is 0.105. The van der Waals surface area contributed by atoms with Crippen LogP contribution >= 0.6 is 0 Å². The van der Waals surface area contributed by atoms with Crippen LogP contribution in [0.3, 0.4) is 0 Å². The molecule has 3 nitrogen and oxygen atoms in total. The van der Waals surface area contributed by atoms with E-state index in [4.69, 9.17) is 4.74 Å². The Bertz CT molecular complexity index is 210. The average Bonchev–Trinajstić information content (AvgIpc) is 2.19. The number of piperidine rings is 1. The SMILES string of the molecule is CC(C)C1CC(OC=O)CC(C(C)C)N1C. The van der Waals surface area contributed by atoms with E-state index in [-0.39, 0.29) is 6.10 Å². The highest BCUT2D eigenvalue weighted by Crippen LogP contribution is 2.31. The van der Waals surface area contributed by atoms with E-state index in [0.717, 1.165) is 12.8 Å². The summed E-state index contributed by atoms with van der Waals surface area (Å²) in [7, 11) is 2.20. The van der Waals surface area contributed by atoms with Crippen molar-refractivity contribution in [3.63, 3.8) is 0 Å². The highest BCUT2D eigenvalue weighted by molar-refractivity contribution is 5.37. The Kier molecular flexibility index (Phi) is 4.78. The smallest absolute Gasteiger partial charge is 0.293 e. The number of rotatable bonds is 4. The Morgan fingerprint density at radius 1 is 1.12 bits per heavy atom. The number of carbonyl (C=O) groups excluding carboxylic acids is 1. The van der Waals surface area contributed by atoms with Crippen LogP contribution in [0.1, 0.15) is 40.5 Å². The maximum atomic E-state index is 10.5. The molecule has 1 rings (SSSR count). The zero-order valence-corrected chi connectivity index (χ0v) is 11.1. The van der Waals surface area contributed by atoms with E-state index in [9.17, 15) is 4.79 Å². The van der Waals surface area contributed by atoms with E-state index in [1.807, 2.05) is 0 Å². The molecule has 0 saturated carbocycles. The van der Waals surface area contributed by atoms with E-state index < -0.39 is 0 Å². The summed E-state index contributed by atoms with van der Waals surface area (Å²) in [5.74, 6) is 1.20. The van der Waals surface area contributed by atoms with Crippen LogP contribution in [0.15, 0.2) is 0 Å². The fourth-order valence-electron chi connectivity index (χ4n) is 2.89. The van der Waals surface area contributed by atoms with Gasteiger partial charge < -0.3 is 4.74 Å². The molecule has 1 aliphatic rings. The number of hydrogen-bond donors (Lipinski definition) is 0. The molecule has 2 unspecified atom stereocenters. The highest BCUT2D eigenvalue weighted by Gasteiger charge is 2.36. The molecule has 94 valence electrons. The van der Waals surface area contributed by atoms with Crippen molar-refractivity contribution >= 4 is 6.47 Å². The molecule has 1 fully saturated rings. The maximum Gasteiger partial charge on any atom is 0.293 e. The maximum absolute atomic E-state index is 10.5. The number of ether oxygens (including phenoxy) is 1. The topological polar surface area (TPSA) is 29.5 Å². The zero-order valence-electron chi connectivity index (χ0n) is 11.1. The van der Waals surface area contributed by atoms with Crippen LogP contribution in [0.4, 0.5) is 0 Å². The predicted octanol–water partition coefficient (Wildman–Crippen LogP) is 2.30. The van der Waals surface area contributed by atoms with E-state index in [1.54, 1.807) is 0 Å². The molecule has 2 atom stereocenters. The first-order chi connectivity index (χ1) is 7.47. The van der Waals surface area contributed by atoms with Gasteiger partial charge in [-0.1, -0.05) is 27.7 Å². The standard InChI is InChI=1S/C13H25NO2/c1-9(2)12-6-11(16-8-15)7-13(10(3)4)14(12)5/h8-13H,6-7H2,1-5H3. The molecule has 0 radical (unpaired) electrons. The quantitative estimate of drug-likeness (QED) is 0.690. The lowest BCUT2D eigenvalue weighted by atomic mass is 9.83. The van der Waals surface area contributed by atoms with Crippen LogP contribution in [0, 0.1) is 11.8 Å². The summed E-state index contributed by atoms with van der Waals surface area (Å²) in [6.07, 6.45) is 2.04. The molecule has 0 bridgehead atoms. The molecule has 0 amide bonds. The van der Waals surface area contributed by atoms with E-state index >= 15 is 0 Å².